The zero-order valence-electron chi connectivity index (χ0n) is 11.7. The van der Waals surface area contributed by atoms with Crippen molar-refractivity contribution >= 4 is 39.2 Å². The molecule has 2 rings (SSSR count). The third kappa shape index (κ3) is 4.31. The monoisotopic (exact) mass is 322 g/mol. The molecule has 0 aliphatic carbocycles. The standard InChI is InChI=1S/C15H15ClN2O2S/c1-18(21(2,19)20)15-8-4-7-14(10-15)17-11-12-5-3-6-13(16)9-12/h3-11H,1-2H3. The molecule has 0 heterocycles. The Morgan fingerprint density at radius 1 is 1.14 bits per heavy atom. The predicted octanol–water partition coefficient (Wildman–Crippen LogP) is 3.49. The molecule has 4 nitrogen and oxygen atoms in total. The van der Waals surface area contributed by atoms with Gasteiger partial charge in [0.2, 0.25) is 10.0 Å². The lowest BCUT2D eigenvalue weighted by Crippen LogP contribution is -2.24. The highest BCUT2D eigenvalue weighted by Crippen LogP contribution is 2.22. The summed E-state index contributed by atoms with van der Waals surface area (Å²) in [7, 11) is -1.77. The van der Waals surface area contributed by atoms with E-state index in [9.17, 15) is 8.42 Å². The van der Waals surface area contributed by atoms with Gasteiger partial charge in [-0.05, 0) is 35.9 Å². The van der Waals surface area contributed by atoms with Gasteiger partial charge in [-0.15, -0.1) is 0 Å². The summed E-state index contributed by atoms with van der Waals surface area (Å²) in [6.07, 6.45) is 2.85. The van der Waals surface area contributed by atoms with Gasteiger partial charge in [0.25, 0.3) is 0 Å². The van der Waals surface area contributed by atoms with Crippen molar-refractivity contribution < 1.29 is 8.42 Å². The van der Waals surface area contributed by atoms with E-state index in [-0.39, 0.29) is 0 Å². The molecular weight excluding hydrogens is 308 g/mol. The Kier molecular flexibility index (Phi) is 4.65. The quantitative estimate of drug-likeness (QED) is 0.809. The first-order valence-corrected chi connectivity index (χ1v) is 8.42. The summed E-state index contributed by atoms with van der Waals surface area (Å²) >= 11 is 5.91. The number of rotatable bonds is 4. The highest BCUT2D eigenvalue weighted by atomic mass is 35.5. The van der Waals surface area contributed by atoms with Gasteiger partial charge in [0.05, 0.1) is 17.6 Å². The predicted molar refractivity (Wildman–Crippen MR) is 88.4 cm³/mol. The molecule has 0 N–H and O–H groups in total. The van der Waals surface area contributed by atoms with Crippen LogP contribution in [0.25, 0.3) is 0 Å². The van der Waals surface area contributed by atoms with Crippen LogP contribution in [0.2, 0.25) is 5.02 Å². The zero-order valence-corrected chi connectivity index (χ0v) is 13.3. The molecule has 0 atom stereocenters. The van der Waals surface area contributed by atoms with E-state index >= 15 is 0 Å². The fraction of sp³-hybridized carbons (Fsp3) is 0.133. The van der Waals surface area contributed by atoms with Crippen LogP contribution in [0, 0.1) is 0 Å². The molecule has 0 fully saturated rings. The number of hydrogen-bond acceptors (Lipinski definition) is 3. The van der Waals surface area contributed by atoms with E-state index in [0.717, 1.165) is 11.8 Å². The summed E-state index contributed by atoms with van der Waals surface area (Å²) in [6, 6.07) is 14.3. The minimum atomic E-state index is -3.28. The molecule has 0 spiro atoms. The molecule has 0 unspecified atom stereocenters. The number of sulfonamides is 1. The van der Waals surface area contributed by atoms with E-state index in [1.54, 1.807) is 42.6 Å². The zero-order chi connectivity index (χ0) is 15.5. The van der Waals surface area contributed by atoms with Crippen molar-refractivity contribution in [3.05, 3.63) is 59.1 Å². The van der Waals surface area contributed by atoms with E-state index in [1.807, 2.05) is 12.1 Å². The van der Waals surface area contributed by atoms with Gasteiger partial charge in [-0.25, -0.2) is 8.42 Å². The summed E-state index contributed by atoms with van der Waals surface area (Å²) in [6.45, 7) is 0. The fourth-order valence-corrected chi connectivity index (χ4v) is 2.39. The summed E-state index contributed by atoms with van der Waals surface area (Å²) in [5, 5.41) is 0.643. The molecule has 110 valence electrons. The maximum absolute atomic E-state index is 11.5. The molecule has 2 aromatic carbocycles. The molecule has 0 saturated carbocycles. The maximum atomic E-state index is 11.5. The molecule has 0 bridgehead atoms. The maximum Gasteiger partial charge on any atom is 0.231 e. The summed E-state index contributed by atoms with van der Waals surface area (Å²) in [5.74, 6) is 0. The molecule has 0 saturated heterocycles. The highest BCUT2D eigenvalue weighted by molar-refractivity contribution is 7.92. The second-order valence-electron chi connectivity index (χ2n) is 4.56. The number of nitrogens with zero attached hydrogens (tertiary/aromatic N) is 2. The van der Waals surface area contributed by atoms with Crippen LogP contribution in [0.5, 0.6) is 0 Å². The molecule has 21 heavy (non-hydrogen) atoms. The first-order chi connectivity index (χ1) is 9.86. The summed E-state index contributed by atoms with van der Waals surface area (Å²) in [4.78, 5) is 4.34. The van der Waals surface area contributed by atoms with E-state index in [0.29, 0.717) is 16.4 Å². The Balaban J connectivity index is 2.26. The Labute approximate surface area is 129 Å². The minimum absolute atomic E-state index is 0.568. The van der Waals surface area contributed by atoms with Crippen LogP contribution < -0.4 is 4.31 Å². The molecule has 0 aliphatic rings. The molecule has 2 aromatic rings. The van der Waals surface area contributed by atoms with Gasteiger partial charge < -0.3 is 0 Å². The lowest BCUT2D eigenvalue weighted by Gasteiger charge is -2.16. The number of benzene rings is 2. The SMILES string of the molecule is CN(c1cccc(N=Cc2cccc(Cl)c2)c1)S(C)(=O)=O. The Morgan fingerprint density at radius 2 is 1.86 bits per heavy atom. The second-order valence-corrected chi connectivity index (χ2v) is 7.01. The number of aliphatic imine (C=N–C) groups is 1. The largest absolute Gasteiger partial charge is 0.273 e. The normalized spacial score (nSPS) is 11.8. The van der Waals surface area contributed by atoms with Crippen LogP contribution in [0.15, 0.2) is 53.5 Å². The molecule has 0 aliphatic heterocycles. The Bertz CT molecular complexity index is 773. The van der Waals surface area contributed by atoms with Crippen molar-refractivity contribution in [1.29, 1.82) is 0 Å². The van der Waals surface area contributed by atoms with Gasteiger partial charge in [0, 0.05) is 18.3 Å². The first-order valence-electron chi connectivity index (χ1n) is 6.20. The van der Waals surface area contributed by atoms with Crippen molar-refractivity contribution in [2.24, 2.45) is 4.99 Å². The fourth-order valence-electron chi connectivity index (χ4n) is 1.70. The number of hydrogen-bond donors (Lipinski definition) is 0. The molecule has 0 radical (unpaired) electrons. The Hall–Kier alpha value is -1.85. The third-order valence-corrected chi connectivity index (χ3v) is 4.34. The van der Waals surface area contributed by atoms with Gasteiger partial charge >= 0.3 is 0 Å². The van der Waals surface area contributed by atoms with Gasteiger partial charge in [0.1, 0.15) is 0 Å². The van der Waals surface area contributed by atoms with E-state index in [1.165, 1.54) is 11.4 Å². The van der Waals surface area contributed by atoms with Gasteiger partial charge in [-0.2, -0.15) is 0 Å². The van der Waals surface area contributed by atoms with Crippen LogP contribution in [-0.4, -0.2) is 27.9 Å². The topological polar surface area (TPSA) is 49.7 Å². The van der Waals surface area contributed by atoms with Crippen molar-refractivity contribution in [3.63, 3.8) is 0 Å². The molecule has 0 aromatic heterocycles. The highest BCUT2D eigenvalue weighted by Gasteiger charge is 2.11. The average Bonchev–Trinajstić information content (AvgIpc) is 2.44. The van der Waals surface area contributed by atoms with Crippen LogP contribution in [0.3, 0.4) is 0 Å². The number of anilines is 1. The lowest BCUT2D eigenvalue weighted by molar-refractivity contribution is 0.600. The molecule has 6 heteroatoms. The number of halogens is 1. The third-order valence-electron chi connectivity index (χ3n) is 2.90. The van der Waals surface area contributed by atoms with Crippen molar-refractivity contribution in [1.82, 2.24) is 0 Å². The first kappa shape index (κ1) is 15.5. The van der Waals surface area contributed by atoms with Gasteiger partial charge in [-0.1, -0.05) is 29.8 Å². The van der Waals surface area contributed by atoms with E-state index in [2.05, 4.69) is 4.99 Å². The van der Waals surface area contributed by atoms with Gasteiger partial charge in [0.15, 0.2) is 0 Å². The van der Waals surface area contributed by atoms with Crippen LogP contribution in [0.4, 0.5) is 11.4 Å². The van der Waals surface area contributed by atoms with Crippen LogP contribution in [-0.2, 0) is 10.0 Å². The van der Waals surface area contributed by atoms with E-state index in [4.69, 9.17) is 11.6 Å². The van der Waals surface area contributed by atoms with E-state index < -0.39 is 10.0 Å². The minimum Gasteiger partial charge on any atom is -0.273 e. The van der Waals surface area contributed by atoms with Crippen molar-refractivity contribution in [2.75, 3.05) is 17.6 Å². The van der Waals surface area contributed by atoms with Crippen LogP contribution >= 0.6 is 11.6 Å². The summed E-state index contributed by atoms with van der Waals surface area (Å²) < 4.78 is 24.3. The van der Waals surface area contributed by atoms with Crippen molar-refractivity contribution in [2.45, 2.75) is 0 Å². The lowest BCUT2D eigenvalue weighted by atomic mass is 10.2. The van der Waals surface area contributed by atoms with Gasteiger partial charge in [-0.3, -0.25) is 9.30 Å². The molecule has 0 amide bonds. The van der Waals surface area contributed by atoms with Crippen molar-refractivity contribution in [3.8, 4) is 0 Å². The second kappa shape index (κ2) is 6.28. The average molecular weight is 323 g/mol. The Morgan fingerprint density at radius 3 is 2.52 bits per heavy atom. The van der Waals surface area contributed by atoms with Crippen LogP contribution in [0.1, 0.15) is 5.56 Å². The smallest absolute Gasteiger partial charge is 0.231 e. The molecular formula is C15H15ClN2O2S. The summed E-state index contributed by atoms with van der Waals surface area (Å²) in [5.41, 5.74) is 2.12.